The molecular weight excluding hydrogens is 280 g/mol. The summed E-state index contributed by atoms with van der Waals surface area (Å²) in [5, 5.41) is 9.24. The van der Waals surface area contributed by atoms with Crippen LogP contribution in [0.3, 0.4) is 0 Å². The average Bonchev–Trinajstić information content (AvgIpc) is 3.06. The molecule has 5 heteroatoms. The van der Waals surface area contributed by atoms with Crippen LogP contribution in [0.5, 0.6) is 0 Å². The second-order valence-corrected chi connectivity index (χ2v) is 6.54. The molecule has 3 rings (SSSR count). The smallest absolute Gasteiger partial charge is 0.178 e. The summed E-state index contributed by atoms with van der Waals surface area (Å²) in [5.74, 6) is 0. The third kappa shape index (κ3) is 2.29. The van der Waals surface area contributed by atoms with Crippen molar-refractivity contribution >= 4 is 23.3 Å². The lowest BCUT2D eigenvalue weighted by atomic mass is 9.96. The largest absolute Gasteiger partial charge is 0.329 e. The number of H-pyrrole nitrogens is 1. The highest BCUT2D eigenvalue weighted by molar-refractivity contribution is 7.71. The minimum absolute atomic E-state index is 0.177. The molecule has 0 amide bonds. The molecule has 4 nitrogen and oxygen atoms in total. The summed E-state index contributed by atoms with van der Waals surface area (Å²) >= 11 is 5.51. The van der Waals surface area contributed by atoms with Crippen molar-refractivity contribution in [2.75, 3.05) is 14.1 Å². The van der Waals surface area contributed by atoms with Gasteiger partial charge in [0, 0.05) is 12.1 Å². The number of hydrogen-bond donors (Lipinski definition) is 1. The van der Waals surface area contributed by atoms with Gasteiger partial charge in [-0.2, -0.15) is 5.26 Å². The van der Waals surface area contributed by atoms with Crippen molar-refractivity contribution in [3.05, 3.63) is 28.5 Å². The van der Waals surface area contributed by atoms with Crippen LogP contribution in [0, 0.1) is 16.1 Å². The number of hydrogen-bond acceptors (Lipinski definition) is 3. The first-order chi connectivity index (χ1) is 10.1. The second kappa shape index (κ2) is 5.28. The summed E-state index contributed by atoms with van der Waals surface area (Å²) in [6, 6.07) is 8.03. The summed E-state index contributed by atoms with van der Waals surface area (Å²) in [6.07, 6.45) is 4.95. The van der Waals surface area contributed by atoms with E-state index in [4.69, 9.17) is 12.2 Å². The van der Waals surface area contributed by atoms with Crippen LogP contribution >= 0.6 is 12.2 Å². The number of likely N-dealkylation sites (N-methyl/N-ethyl adjacent to an activating group) is 1. The van der Waals surface area contributed by atoms with Crippen LogP contribution < -0.4 is 0 Å². The molecule has 1 aromatic carbocycles. The van der Waals surface area contributed by atoms with Crippen LogP contribution in [-0.4, -0.2) is 34.1 Å². The Morgan fingerprint density at radius 3 is 2.71 bits per heavy atom. The van der Waals surface area contributed by atoms with Crippen LogP contribution in [0.1, 0.15) is 31.2 Å². The quantitative estimate of drug-likeness (QED) is 0.883. The Balaban J connectivity index is 2.11. The fourth-order valence-corrected chi connectivity index (χ4v) is 3.77. The van der Waals surface area contributed by atoms with Gasteiger partial charge < -0.3 is 14.5 Å². The number of fused-ring (bicyclic) bond motifs is 1. The molecule has 1 heterocycles. The molecule has 0 bridgehead atoms. The highest BCUT2D eigenvalue weighted by Gasteiger charge is 2.36. The summed E-state index contributed by atoms with van der Waals surface area (Å²) < 4.78 is 2.87. The lowest BCUT2D eigenvalue weighted by Gasteiger charge is -2.36. The van der Waals surface area contributed by atoms with Gasteiger partial charge in [-0.05, 0) is 51.3 Å². The molecule has 1 saturated carbocycles. The fraction of sp³-hybridized carbons (Fsp3) is 0.500. The fourth-order valence-electron chi connectivity index (χ4n) is 3.50. The Morgan fingerprint density at radius 2 is 2.10 bits per heavy atom. The number of benzene rings is 1. The minimum atomic E-state index is 0.177. The number of nitrogens with one attached hydrogen (secondary N) is 1. The number of rotatable bonds is 3. The Hall–Kier alpha value is -1.64. The molecule has 0 radical (unpaired) electrons. The van der Waals surface area contributed by atoms with E-state index in [9.17, 15) is 5.26 Å². The lowest BCUT2D eigenvalue weighted by Crippen LogP contribution is -2.45. The van der Waals surface area contributed by atoms with Gasteiger partial charge >= 0.3 is 0 Å². The SMILES string of the molecule is CN(C)C1(Cn2c(=S)[nH]c3c(C#N)cccc32)CCCC1. The van der Waals surface area contributed by atoms with E-state index in [2.05, 4.69) is 34.6 Å². The third-order valence-electron chi connectivity index (χ3n) is 4.87. The molecule has 0 atom stereocenters. The predicted octanol–water partition coefficient (Wildman–Crippen LogP) is 3.44. The van der Waals surface area contributed by atoms with Gasteiger partial charge in [-0.3, -0.25) is 0 Å². The van der Waals surface area contributed by atoms with Gasteiger partial charge in [0.15, 0.2) is 4.77 Å². The maximum atomic E-state index is 9.24. The average molecular weight is 300 g/mol. The summed E-state index contributed by atoms with van der Waals surface area (Å²) in [4.78, 5) is 5.56. The second-order valence-electron chi connectivity index (χ2n) is 6.15. The number of para-hydroxylation sites is 1. The van der Waals surface area contributed by atoms with E-state index in [-0.39, 0.29) is 5.54 Å². The molecule has 1 N–H and O–H groups in total. The van der Waals surface area contributed by atoms with E-state index in [1.165, 1.54) is 25.7 Å². The van der Waals surface area contributed by atoms with Gasteiger partial charge in [-0.25, -0.2) is 0 Å². The highest BCUT2D eigenvalue weighted by atomic mass is 32.1. The van der Waals surface area contributed by atoms with Crippen molar-refractivity contribution in [1.82, 2.24) is 14.5 Å². The first-order valence-corrected chi connectivity index (χ1v) is 7.77. The predicted molar refractivity (Wildman–Crippen MR) is 86.7 cm³/mol. The third-order valence-corrected chi connectivity index (χ3v) is 5.19. The zero-order valence-corrected chi connectivity index (χ0v) is 13.3. The zero-order valence-electron chi connectivity index (χ0n) is 12.5. The molecule has 1 fully saturated rings. The number of aromatic amines is 1. The van der Waals surface area contributed by atoms with Crippen LogP contribution in [0.2, 0.25) is 0 Å². The zero-order chi connectivity index (χ0) is 15.0. The maximum absolute atomic E-state index is 9.24. The number of nitrogens with zero attached hydrogens (tertiary/aromatic N) is 3. The van der Waals surface area contributed by atoms with Crippen molar-refractivity contribution in [3.8, 4) is 6.07 Å². The Labute approximate surface area is 130 Å². The Kier molecular flexibility index (Phi) is 3.60. The number of imidazole rings is 1. The first-order valence-electron chi connectivity index (χ1n) is 7.36. The van der Waals surface area contributed by atoms with Gasteiger partial charge in [0.05, 0.1) is 16.6 Å². The van der Waals surface area contributed by atoms with Gasteiger partial charge in [0.2, 0.25) is 0 Å². The summed E-state index contributed by atoms with van der Waals surface area (Å²) in [5.41, 5.74) is 2.72. The molecule has 2 aromatic rings. The van der Waals surface area contributed by atoms with Crippen molar-refractivity contribution in [2.24, 2.45) is 0 Å². The Morgan fingerprint density at radius 1 is 1.38 bits per heavy atom. The maximum Gasteiger partial charge on any atom is 0.178 e. The van der Waals surface area contributed by atoms with Gasteiger partial charge in [-0.15, -0.1) is 0 Å². The molecule has 21 heavy (non-hydrogen) atoms. The van der Waals surface area contributed by atoms with Crippen LogP contribution in [0.15, 0.2) is 18.2 Å². The highest BCUT2D eigenvalue weighted by Crippen LogP contribution is 2.36. The monoisotopic (exact) mass is 300 g/mol. The summed E-state index contributed by atoms with van der Waals surface area (Å²) in [7, 11) is 4.31. The molecule has 1 aliphatic rings. The summed E-state index contributed by atoms with van der Waals surface area (Å²) in [6.45, 7) is 0.883. The molecule has 1 aromatic heterocycles. The first kappa shape index (κ1) is 14.3. The standard InChI is InChI=1S/C16H20N4S/c1-19(2)16(8-3-4-9-16)11-20-13-7-5-6-12(10-17)14(13)18-15(20)21/h5-7H,3-4,8-9,11H2,1-2H3,(H,18,21). The van der Waals surface area contributed by atoms with E-state index >= 15 is 0 Å². The molecule has 0 saturated heterocycles. The Bertz CT molecular complexity index is 757. The molecule has 0 spiro atoms. The van der Waals surface area contributed by atoms with E-state index in [1.807, 2.05) is 18.2 Å². The van der Waals surface area contributed by atoms with E-state index in [0.717, 1.165) is 17.6 Å². The van der Waals surface area contributed by atoms with Gasteiger partial charge in [0.1, 0.15) is 6.07 Å². The van der Waals surface area contributed by atoms with Gasteiger partial charge in [0.25, 0.3) is 0 Å². The van der Waals surface area contributed by atoms with Crippen LogP contribution in [0.25, 0.3) is 11.0 Å². The molecular formula is C16H20N4S. The van der Waals surface area contributed by atoms with Crippen molar-refractivity contribution in [1.29, 1.82) is 5.26 Å². The molecule has 0 unspecified atom stereocenters. The number of aromatic nitrogens is 2. The molecule has 1 aliphatic carbocycles. The van der Waals surface area contributed by atoms with Crippen LogP contribution in [0.4, 0.5) is 0 Å². The van der Waals surface area contributed by atoms with Gasteiger partial charge in [-0.1, -0.05) is 18.9 Å². The molecule has 0 aliphatic heterocycles. The number of nitriles is 1. The van der Waals surface area contributed by atoms with E-state index < -0.39 is 0 Å². The lowest BCUT2D eigenvalue weighted by molar-refractivity contribution is 0.135. The van der Waals surface area contributed by atoms with Crippen molar-refractivity contribution < 1.29 is 0 Å². The van der Waals surface area contributed by atoms with Crippen molar-refractivity contribution in [2.45, 2.75) is 37.8 Å². The normalized spacial score (nSPS) is 17.4. The van der Waals surface area contributed by atoms with Crippen molar-refractivity contribution in [3.63, 3.8) is 0 Å². The van der Waals surface area contributed by atoms with E-state index in [1.54, 1.807) is 0 Å². The minimum Gasteiger partial charge on any atom is -0.329 e. The topological polar surface area (TPSA) is 47.8 Å². The molecule has 110 valence electrons. The van der Waals surface area contributed by atoms with E-state index in [0.29, 0.717) is 10.3 Å². The van der Waals surface area contributed by atoms with Crippen LogP contribution in [-0.2, 0) is 6.54 Å².